The molecular formula is C22H15ClN2O. The largest absolute Gasteiger partial charge is 0.322 e. The smallest absolute Gasteiger partial charge is 0.257 e. The highest BCUT2D eigenvalue weighted by Gasteiger charge is 2.09. The van der Waals surface area contributed by atoms with Crippen molar-refractivity contribution in [3.63, 3.8) is 0 Å². The van der Waals surface area contributed by atoms with Gasteiger partial charge in [0, 0.05) is 22.5 Å². The first-order valence-electron chi connectivity index (χ1n) is 8.22. The van der Waals surface area contributed by atoms with Crippen LogP contribution in [0, 0.1) is 0 Å². The molecule has 0 radical (unpaired) electrons. The molecule has 0 spiro atoms. The zero-order valence-electron chi connectivity index (χ0n) is 13.8. The first kappa shape index (κ1) is 16.3. The first-order chi connectivity index (χ1) is 12.7. The summed E-state index contributed by atoms with van der Waals surface area (Å²) in [5, 5.41) is 5.77. The minimum Gasteiger partial charge on any atom is -0.322 e. The second-order valence-electron chi connectivity index (χ2n) is 5.92. The Morgan fingerprint density at radius 2 is 1.62 bits per heavy atom. The maximum Gasteiger partial charge on any atom is 0.257 e. The Balaban J connectivity index is 1.60. The summed E-state index contributed by atoms with van der Waals surface area (Å²) >= 11 is 5.86. The molecule has 0 saturated heterocycles. The Labute approximate surface area is 156 Å². The van der Waals surface area contributed by atoms with Gasteiger partial charge in [0.2, 0.25) is 0 Å². The predicted octanol–water partition coefficient (Wildman–Crippen LogP) is 5.81. The van der Waals surface area contributed by atoms with Gasteiger partial charge in [-0.15, -0.1) is 0 Å². The number of carbonyl (C=O) groups excluding carboxylic acids is 1. The van der Waals surface area contributed by atoms with Gasteiger partial charge < -0.3 is 5.32 Å². The molecule has 3 nitrogen and oxygen atoms in total. The van der Waals surface area contributed by atoms with Crippen LogP contribution in [0.15, 0.2) is 85.1 Å². The Morgan fingerprint density at radius 1 is 0.846 bits per heavy atom. The average molecular weight is 359 g/mol. The topological polar surface area (TPSA) is 42.0 Å². The van der Waals surface area contributed by atoms with Crippen molar-refractivity contribution in [1.29, 1.82) is 0 Å². The molecule has 0 fully saturated rings. The summed E-state index contributed by atoms with van der Waals surface area (Å²) in [7, 11) is 0. The highest BCUT2D eigenvalue weighted by atomic mass is 35.5. The van der Waals surface area contributed by atoms with Gasteiger partial charge in [-0.05, 0) is 47.2 Å². The molecule has 126 valence electrons. The van der Waals surface area contributed by atoms with Crippen LogP contribution in [-0.2, 0) is 0 Å². The zero-order valence-corrected chi connectivity index (χ0v) is 14.6. The summed E-state index contributed by atoms with van der Waals surface area (Å²) in [6.45, 7) is 0. The van der Waals surface area contributed by atoms with Gasteiger partial charge in [-0.25, -0.2) is 0 Å². The van der Waals surface area contributed by atoms with Crippen molar-refractivity contribution in [2.75, 3.05) is 5.32 Å². The first-order valence-corrected chi connectivity index (χ1v) is 8.59. The van der Waals surface area contributed by atoms with E-state index >= 15 is 0 Å². The summed E-state index contributed by atoms with van der Waals surface area (Å²) in [4.78, 5) is 16.9. The monoisotopic (exact) mass is 358 g/mol. The number of nitrogens with zero attached hydrogens (tertiary/aromatic N) is 1. The van der Waals surface area contributed by atoms with Crippen molar-refractivity contribution in [3.8, 4) is 11.3 Å². The van der Waals surface area contributed by atoms with E-state index in [0.717, 1.165) is 22.0 Å². The molecule has 26 heavy (non-hydrogen) atoms. The van der Waals surface area contributed by atoms with E-state index in [2.05, 4.69) is 28.5 Å². The number of hydrogen-bond donors (Lipinski definition) is 1. The minimum atomic E-state index is -0.204. The molecule has 1 N–H and O–H groups in total. The number of fused-ring (bicyclic) bond motifs is 1. The lowest BCUT2D eigenvalue weighted by atomic mass is 10.0. The number of halogens is 1. The molecule has 0 aliphatic rings. The number of aromatic nitrogens is 1. The van der Waals surface area contributed by atoms with Gasteiger partial charge in [0.25, 0.3) is 5.91 Å². The lowest BCUT2D eigenvalue weighted by molar-refractivity contribution is 0.102. The van der Waals surface area contributed by atoms with E-state index < -0.39 is 0 Å². The standard InChI is InChI=1S/C22H15ClN2O/c23-17-9-11-18(12-10-17)25-22(26)16-8-13-21(24-14-16)20-7-3-5-15-4-1-2-6-19(15)20/h1-14H,(H,25,26). The molecule has 1 aromatic heterocycles. The summed E-state index contributed by atoms with van der Waals surface area (Å²) in [6.07, 6.45) is 1.60. The number of anilines is 1. The summed E-state index contributed by atoms with van der Waals surface area (Å²) in [6, 6.07) is 25.0. The van der Waals surface area contributed by atoms with Crippen molar-refractivity contribution in [1.82, 2.24) is 4.98 Å². The lowest BCUT2D eigenvalue weighted by Crippen LogP contribution is -2.12. The van der Waals surface area contributed by atoms with Gasteiger partial charge in [0.05, 0.1) is 11.3 Å². The van der Waals surface area contributed by atoms with Crippen LogP contribution >= 0.6 is 11.6 Å². The number of rotatable bonds is 3. The molecule has 0 bridgehead atoms. The van der Waals surface area contributed by atoms with Gasteiger partial charge in [-0.2, -0.15) is 0 Å². The molecule has 3 aromatic carbocycles. The van der Waals surface area contributed by atoms with Crippen LogP contribution in [0.4, 0.5) is 5.69 Å². The van der Waals surface area contributed by atoms with E-state index in [4.69, 9.17) is 11.6 Å². The fourth-order valence-electron chi connectivity index (χ4n) is 2.87. The Bertz CT molecular complexity index is 1070. The van der Waals surface area contributed by atoms with Crippen LogP contribution < -0.4 is 5.32 Å². The molecule has 0 unspecified atom stereocenters. The number of nitrogens with one attached hydrogen (secondary N) is 1. The van der Waals surface area contributed by atoms with Crippen LogP contribution in [0.3, 0.4) is 0 Å². The molecule has 4 aromatic rings. The number of carbonyl (C=O) groups is 1. The van der Waals surface area contributed by atoms with Crippen molar-refractivity contribution in [3.05, 3.63) is 95.6 Å². The summed E-state index contributed by atoms with van der Waals surface area (Å²) in [5.74, 6) is -0.204. The van der Waals surface area contributed by atoms with E-state index in [9.17, 15) is 4.79 Å². The second kappa shape index (κ2) is 6.98. The Kier molecular flexibility index (Phi) is 4.38. The van der Waals surface area contributed by atoms with Crippen LogP contribution in [-0.4, -0.2) is 10.9 Å². The third-order valence-electron chi connectivity index (χ3n) is 4.19. The molecule has 4 heteroatoms. The number of pyridine rings is 1. The van der Waals surface area contributed by atoms with Gasteiger partial charge in [-0.3, -0.25) is 9.78 Å². The highest BCUT2D eigenvalue weighted by molar-refractivity contribution is 6.30. The SMILES string of the molecule is O=C(Nc1ccc(Cl)cc1)c1ccc(-c2cccc3ccccc23)nc1. The number of hydrogen-bond acceptors (Lipinski definition) is 2. The van der Waals surface area contributed by atoms with E-state index in [1.165, 1.54) is 0 Å². The van der Waals surface area contributed by atoms with Crippen LogP contribution in [0.5, 0.6) is 0 Å². The van der Waals surface area contributed by atoms with Crippen molar-refractivity contribution in [2.45, 2.75) is 0 Å². The summed E-state index contributed by atoms with van der Waals surface area (Å²) < 4.78 is 0. The van der Waals surface area contributed by atoms with E-state index in [1.54, 1.807) is 36.5 Å². The molecule has 1 amide bonds. The normalized spacial score (nSPS) is 10.7. The lowest BCUT2D eigenvalue weighted by Gasteiger charge is -2.08. The van der Waals surface area contributed by atoms with Crippen molar-refractivity contribution >= 4 is 34.0 Å². The number of amides is 1. The molecule has 0 aliphatic heterocycles. The molecule has 0 aliphatic carbocycles. The third-order valence-corrected chi connectivity index (χ3v) is 4.45. The van der Waals surface area contributed by atoms with E-state index in [0.29, 0.717) is 16.3 Å². The van der Waals surface area contributed by atoms with Crippen LogP contribution in [0.25, 0.3) is 22.0 Å². The quantitative estimate of drug-likeness (QED) is 0.502. The Morgan fingerprint density at radius 3 is 2.38 bits per heavy atom. The van der Waals surface area contributed by atoms with E-state index in [1.807, 2.05) is 30.3 Å². The Hall–Kier alpha value is -3.17. The highest BCUT2D eigenvalue weighted by Crippen LogP contribution is 2.27. The van der Waals surface area contributed by atoms with Gasteiger partial charge in [0.15, 0.2) is 0 Å². The molecule has 1 heterocycles. The molecule has 0 saturated carbocycles. The van der Waals surface area contributed by atoms with Crippen molar-refractivity contribution < 1.29 is 4.79 Å². The molecule has 0 atom stereocenters. The maximum absolute atomic E-state index is 12.4. The minimum absolute atomic E-state index is 0.204. The predicted molar refractivity (Wildman–Crippen MR) is 107 cm³/mol. The van der Waals surface area contributed by atoms with Crippen molar-refractivity contribution in [2.24, 2.45) is 0 Å². The van der Waals surface area contributed by atoms with Gasteiger partial charge in [-0.1, -0.05) is 54.1 Å². The fraction of sp³-hybridized carbons (Fsp3) is 0. The van der Waals surface area contributed by atoms with E-state index in [-0.39, 0.29) is 5.91 Å². The van der Waals surface area contributed by atoms with Crippen LogP contribution in [0.1, 0.15) is 10.4 Å². The number of benzene rings is 3. The molecular weight excluding hydrogens is 344 g/mol. The maximum atomic E-state index is 12.4. The van der Waals surface area contributed by atoms with Gasteiger partial charge in [0.1, 0.15) is 0 Å². The molecule has 4 rings (SSSR count). The zero-order chi connectivity index (χ0) is 17.9. The van der Waals surface area contributed by atoms with Crippen LogP contribution in [0.2, 0.25) is 5.02 Å². The van der Waals surface area contributed by atoms with Gasteiger partial charge >= 0.3 is 0 Å². The summed E-state index contributed by atoms with van der Waals surface area (Å²) in [5.41, 5.74) is 3.08. The fourth-order valence-corrected chi connectivity index (χ4v) is 3.00. The second-order valence-corrected chi connectivity index (χ2v) is 6.36. The third kappa shape index (κ3) is 3.30. The average Bonchev–Trinajstić information content (AvgIpc) is 2.69.